The van der Waals surface area contributed by atoms with Gasteiger partial charge in [-0.25, -0.2) is 4.98 Å². The zero-order valence-corrected chi connectivity index (χ0v) is 25.5. The van der Waals surface area contributed by atoms with E-state index in [1.165, 1.54) is 42.2 Å². The third-order valence-corrected chi connectivity index (χ3v) is 10.4. The molecule has 214 valence electrons. The van der Waals surface area contributed by atoms with E-state index in [0.717, 1.165) is 55.0 Å². The van der Waals surface area contributed by atoms with E-state index >= 15 is 0 Å². The molecule has 10 rings (SSSR count). The fraction of sp³-hybridized carbons (Fsp3) is 0. The van der Waals surface area contributed by atoms with E-state index in [2.05, 4.69) is 146 Å². The summed E-state index contributed by atoms with van der Waals surface area (Å²) >= 11 is 1.85. The lowest BCUT2D eigenvalue weighted by atomic mass is 9.89. The van der Waals surface area contributed by atoms with Gasteiger partial charge < -0.3 is 4.42 Å². The highest BCUT2D eigenvalue weighted by Crippen LogP contribution is 2.46. The number of furan rings is 1. The van der Waals surface area contributed by atoms with Gasteiger partial charge in [-0.1, -0.05) is 109 Å². The fourth-order valence-corrected chi connectivity index (χ4v) is 8.27. The van der Waals surface area contributed by atoms with Crippen molar-refractivity contribution in [1.82, 2.24) is 4.98 Å². The summed E-state index contributed by atoms with van der Waals surface area (Å²) in [6.07, 6.45) is 0. The second-order valence-corrected chi connectivity index (χ2v) is 13.0. The van der Waals surface area contributed by atoms with Gasteiger partial charge in [-0.15, -0.1) is 11.3 Å². The number of rotatable bonds is 3. The van der Waals surface area contributed by atoms with Gasteiger partial charge >= 0.3 is 0 Å². The minimum atomic E-state index is 0.872. The first-order valence-corrected chi connectivity index (χ1v) is 16.4. The number of thiophene rings is 1. The van der Waals surface area contributed by atoms with E-state index in [-0.39, 0.29) is 0 Å². The smallest absolute Gasteiger partial charge is 0.136 e. The molecule has 2 nitrogen and oxygen atoms in total. The highest BCUT2D eigenvalue weighted by Gasteiger charge is 2.21. The van der Waals surface area contributed by atoms with Crippen LogP contribution in [0.2, 0.25) is 0 Å². The Morgan fingerprint density at radius 2 is 1.11 bits per heavy atom. The number of benzene rings is 7. The van der Waals surface area contributed by atoms with E-state index < -0.39 is 0 Å². The van der Waals surface area contributed by atoms with Crippen LogP contribution in [0.1, 0.15) is 0 Å². The molecule has 0 aliphatic rings. The molecule has 0 aliphatic carbocycles. The number of pyridine rings is 1. The van der Waals surface area contributed by atoms with E-state index in [1.807, 2.05) is 17.4 Å². The van der Waals surface area contributed by atoms with Crippen molar-refractivity contribution in [2.75, 3.05) is 0 Å². The summed E-state index contributed by atoms with van der Waals surface area (Å²) in [7, 11) is 0. The third-order valence-electron chi connectivity index (χ3n) is 9.24. The SMILES string of the molecule is c1ccc(-c2c3c(cc4c(-c5cccc(-c6ccc7sc8ccccc8c7c6)c5)nc5ccccc5c24)oc2ccccc23)cc1. The zero-order chi connectivity index (χ0) is 30.2. The monoisotopic (exact) mass is 603 g/mol. The molecule has 0 spiro atoms. The fourth-order valence-electron chi connectivity index (χ4n) is 7.18. The van der Waals surface area contributed by atoms with Crippen LogP contribution >= 0.6 is 11.3 Å². The molecule has 0 radical (unpaired) electrons. The van der Waals surface area contributed by atoms with Crippen LogP contribution < -0.4 is 0 Å². The standard InChI is InChI=1S/C43H25NOS/c1-2-11-26(12-3-1)40-41-31-16-4-7-18-35(31)44-43(34(41)25-37-42(40)32-17-5-8-19-36(32)45-37)29-14-10-13-27(23-29)28-21-22-39-33(24-28)30-15-6-9-20-38(30)46-39/h1-25H. The molecule has 0 atom stereocenters. The number of fused-ring (bicyclic) bond motifs is 9. The minimum absolute atomic E-state index is 0.872. The van der Waals surface area contributed by atoms with Crippen molar-refractivity contribution in [2.24, 2.45) is 0 Å². The van der Waals surface area contributed by atoms with Crippen LogP contribution in [-0.4, -0.2) is 4.98 Å². The highest BCUT2D eigenvalue weighted by atomic mass is 32.1. The zero-order valence-electron chi connectivity index (χ0n) is 24.7. The molecule has 0 bridgehead atoms. The molecule has 0 fully saturated rings. The lowest BCUT2D eigenvalue weighted by Gasteiger charge is -2.16. The molecule has 10 aromatic rings. The quantitative estimate of drug-likeness (QED) is 0.188. The van der Waals surface area contributed by atoms with Gasteiger partial charge in [-0.05, 0) is 59.2 Å². The van der Waals surface area contributed by atoms with E-state index in [4.69, 9.17) is 9.40 Å². The van der Waals surface area contributed by atoms with Gasteiger partial charge in [0.05, 0.1) is 11.2 Å². The molecule has 0 unspecified atom stereocenters. The Labute approximate surface area is 268 Å². The molecular formula is C43H25NOS. The van der Waals surface area contributed by atoms with E-state index in [0.29, 0.717) is 0 Å². The van der Waals surface area contributed by atoms with Crippen LogP contribution in [0.3, 0.4) is 0 Å². The topological polar surface area (TPSA) is 26.0 Å². The average Bonchev–Trinajstić information content (AvgIpc) is 3.68. The first kappa shape index (κ1) is 25.5. The molecule has 3 heterocycles. The maximum absolute atomic E-state index is 6.56. The Morgan fingerprint density at radius 3 is 2.02 bits per heavy atom. The van der Waals surface area contributed by atoms with Gasteiger partial charge in [0.1, 0.15) is 11.2 Å². The van der Waals surface area contributed by atoms with Crippen molar-refractivity contribution in [3.8, 4) is 33.5 Å². The predicted octanol–water partition coefficient (Wildman–Crippen LogP) is 12.7. The van der Waals surface area contributed by atoms with Crippen molar-refractivity contribution in [3.05, 3.63) is 152 Å². The predicted molar refractivity (Wildman–Crippen MR) is 196 cm³/mol. The number of aromatic nitrogens is 1. The van der Waals surface area contributed by atoms with Crippen molar-refractivity contribution < 1.29 is 4.42 Å². The summed E-state index contributed by atoms with van der Waals surface area (Å²) in [5.41, 5.74) is 9.50. The highest BCUT2D eigenvalue weighted by molar-refractivity contribution is 7.25. The van der Waals surface area contributed by atoms with Crippen LogP contribution in [0.25, 0.3) is 97.3 Å². The van der Waals surface area contributed by atoms with Crippen LogP contribution in [-0.2, 0) is 0 Å². The molecule has 3 heteroatoms. The summed E-state index contributed by atoms with van der Waals surface area (Å²) in [5.74, 6) is 0. The minimum Gasteiger partial charge on any atom is -0.456 e. The van der Waals surface area contributed by atoms with Gasteiger partial charge in [0.2, 0.25) is 0 Å². The second-order valence-electron chi connectivity index (χ2n) is 11.9. The van der Waals surface area contributed by atoms with Crippen LogP contribution in [0.4, 0.5) is 0 Å². The van der Waals surface area contributed by atoms with Crippen molar-refractivity contribution in [2.45, 2.75) is 0 Å². The summed E-state index contributed by atoms with van der Waals surface area (Å²) in [6, 6.07) is 54.1. The summed E-state index contributed by atoms with van der Waals surface area (Å²) in [5, 5.41) is 8.30. The number of nitrogens with zero attached hydrogens (tertiary/aromatic N) is 1. The first-order valence-electron chi connectivity index (χ1n) is 15.5. The Hall–Kier alpha value is -5.77. The normalized spacial score (nSPS) is 11.9. The maximum Gasteiger partial charge on any atom is 0.136 e. The molecule has 0 amide bonds. The van der Waals surface area contributed by atoms with Gasteiger partial charge in [0, 0.05) is 58.2 Å². The first-order chi connectivity index (χ1) is 22.8. The maximum atomic E-state index is 6.56. The molecule has 46 heavy (non-hydrogen) atoms. The molecule has 7 aromatic carbocycles. The van der Waals surface area contributed by atoms with Crippen LogP contribution in [0.15, 0.2) is 156 Å². The Morgan fingerprint density at radius 1 is 0.413 bits per heavy atom. The lowest BCUT2D eigenvalue weighted by molar-refractivity contribution is 0.669. The largest absolute Gasteiger partial charge is 0.456 e. The molecular weight excluding hydrogens is 579 g/mol. The Balaban J connectivity index is 1.28. The van der Waals surface area contributed by atoms with Crippen molar-refractivity contribution in [1.29, 1.82) is 0 Å². The molecule has 0 N–H and O–H groups in total. The summed E-state index contributed by atoms with van der Waals surface area (Å²) in [4.78, 5) is 5.35. The molecule has 0 saturated carbocycles. The van der Waals surface area contributed by atoms with Gasteiger partial charge in [-0.3, -0.25) is 0 Å². The summed E-state index contributed by atoms with van der Waals surface area (Å²) < 4.78 is 9.19. The van der Waals surface area contributed by atoms with E-state index in [1.54, 1.807) is 0 Å². The number of hydrogen-bond acceptors (Lipinski definition) is 3. The second kappa shape index (κ2) is 9.87. The Bertz CT molecular complexity index is 2810. The molecule has 0 saturated heterocycles. The average molecular weight is 604 g/mol. The number of hydrogen-bond donors (Lipinski definition) is 0. The van der Waals surface area contributed by atoms with Crippen LogP contribution in [0, 0.1) is 0 Å². The van der Waals surface area contributed by atoms with Crippen molar-refractivity contribution in [3.63, 3.8) is 0 Å². The van der Waals surface area contributed by atoms with E-state index in [9.17, 15) is 0 Å². The van der Waals surface area contributed by atoms with Gasteiger partial charge in [-0.2, -0.15) is 0 Å². The molecule has 0 aliphatic heterocycles. The van der Waals surface area contributed by atoms with Gasteiger partial charge in [0.25, 0.3) is 0 Å². The number of para-hydroxylation sites is 2. The lowest BCUT2D eigenvalue weighted by Crippen LogP contribution is -1.93. The third kappa shape index (κ3) is 3.79. The molecule has 3 aromatic heterocycles. The Kier molecular flexibility index (Phi) is 5.48. The van der Waals surface area contributed by atoms with Crippen LogP contribution in [0.5, 0.6) is 0 Å². The summed E-state index contributed by atoms with van der Waals surface area (Å²) in [6.45, 7) is 0. The van der Waals surface area contributed by atoms with Gasteiger partial charge in [0.15, 0.2) is 0 Å². The van der Waals surface area contributed by atoms with Crippen molar-refractivity contribution >= 4 is 75.1 Å².